The minimum absolute atomic E-state index is 0.116. The van der Waals surface area contributed by atoms with Gasteiger partial charge in [0.15, 0.2) is 11.5 Å². The van der Waals surface area contributed by atoms with Crippen LogP contribution in [0.15, 0.2) is 72.6 Å². The van der Waals surface area contributed by atoms with Gasteiger partial charge in [-0.3, -0.25) is 0 Å². The summed E-state index contributed by atoms with van der Waals surface area (Å²) in [6.45, 7) is 3.52. The molecule has 0 amide bonds. The van der Waals surface area contributed by atoms with Gasteiger partial charge >= 0.3 is 0 Å². The molecule has 0 spiro atoms. The van der Waals surface area contributed by atoms with Crippen LogP contribution >= 0.6 is 0 Å². The van der Waals surface area contributed by atoms with E-state index in [0.29, 0.717) is 6.42 Å². The first-order valence-corrected chi connectivity index (χ1v) is 10.2. The van der Waals surface area contributed by atoms with Crippen molar-refractivity contribution in [3.05, 3.63) is 95.3 Å². The maximum Gasteiger partial charge on any atom is 0.204 e. The molecule has 0 aliphatic carbocycles. The van der Waals surface area contributed by atoms with Crippen molar-refractivity contribution >= 4 is 0 Å². The lowest BCUT2D eigenvalue weighted by atomic mass is 10.0. The Bertz CT molecular complexity index is 1020. The molecule has 0 unspecified atom stereocenters. The molecule has 0 aliphatic rings. The summed E-state index contributed by atoms with van der Waals surface area (Å²) in [5, 5.41) is 0. The third kappa shape index (κ3) is 6.14. The van der Waals surface area contributed by atoms with Gasteiger partial charge in [-0.25, -0.2) is 4.39 Å². The average molecular weight is 426 g/mol. The molecule has 0 bridgehead atoms. The fraction of sp³-hybridized carbons (Fsp3) is 0.231. The largest absolute Gasteiger partial charge is 0.491 e. The molecule has 0 aliphatic heterocycles. The van der Waals surface area contributed by atoms with Crippen LogP contribution in [0.2, 0.25) is 0 Å². The van der Waals surface area contributed by atoms with Gasteiger partial charge in [-0.15, -0.1) is 0 Å². The molecule has 0 N–H and O–H groups in total. The summed E-state index contributed by atoms with van der Waals surface area (Å²) in [5.74, 6) is -2.54. The van der Waals surface area contributed by atoms with Crippen LogP contribution in [0.1, 0.15) is 31.4 Å². The lowest BCUT2D eigenvalue weighted by Gasteiger charge is -2.11. The van der Waals surface area contributed by atoms with Crippen LogP contribution in [0.3, 0.4) is 0 Å². The van der Waals surface area contributed by atoms with E-state index in [1.807, 2.05) is 48.5 Å². The molecule has 2 nitrogen and oxygen atoms in total. The summed E-state index contributed by atoms with van der Waals surface area (Å²) >= 11 is 0. The standard InChI is InChI=1S/C26H25F3O2/c1-3-30-23-15-16-24(26(29)25(23)28)31-17-20-9-13-22(14-10-20)21-11-7-19(8-12-21)6-4-5-18(2)27/h5,7-16H,3-4,6,17H2,1-2H3/b18-5-. The van der Waals surface area contributed by atoms with Crippen molar-refractivity contribution in [3.8, 4) is 22.6 Å². The molecule has 0 atom stereocenters. The topological polar surface area (TPSA) is 18.5 Å². The number of hydrogen-bond donors (Lipinski definition) is 0. The third-order valence-electron chi connectivity index (χ3n) is 4.81. The van der Waals surface area contributed by atoms with E-state index >= 15 is 0 Å². The van der Waals surface area contributed by atoms with Crippen molar-refractivity contribution in [2.45, 2.75) is 33.3 Å². The molecule has 0 radical (unpaired) electrons. The van der Waals surface area contributed by atoms with Gasteiger partial charge in [0, 0.05) is 0 Å². The van der Waals surface area contributed by atoms with Crippen LogP contribution in [0.5, 0.6) is 11.5 Å². The first kappa shape index (κ1) is 22.5. The van der Waals surface area contributed by atoms with Gasteiger partial charge < -0.3 is 9.47 Å². The van der Waals surface area contributed by atoms with E-state index in [4.69, 9.17) is 9.47 Å². The summed E-state index contributed by atoms with van der Waals surface area (Å²) in [7, 11) is 0. The van der Waals surface area contributed by atoms with Crippen LogP contribution in [0, 0.1) is 11.6 Å². The summed E-state index contributed by atoms with van der Waals surface area (Å²) < 4.78 is 51.3. The Hall–Kier alpha value is -3.21. The molecule has 5 heteroatoms. The molecular formula is C26H25F3O2. The Morgan fingerprint density at radius 2 is 1.29 bits per heavy atom. The fourth-order valence-corrected chi connectivity index (χ4v) is 3.15. The van der Waals surface area contributed by atoms with E-state index in [-0.39, 0.29) is 30.5 Å². The molecular weight excluding hydrogens is 401 g/mol. The van der Waals surface area contributed by atoms with Gasteiger partial charge in [0.25, 0.3) is 0 Å². The van der Waals surface area contributed by atoms with E-state index < -0.39 is 11.6 Å². The SMILES string of the molecule is CCOc1ccc(OCc2ccc(-c3ccc(CC/C=C(/C)F)cc3)cc2)c(F)c1F. The summed E-state index contributed by atoms with van der Waals surface area (Å²) in [4.78, 5) is 0. The van der Waals surface area contributed by atoms with Crippen LogP contribution < -0.4 is 9.47 Å². The second-order valence-corrected chi connectivity index (χ2v) is 7.13. The molecule has 31 heavy (non-hydrogen) atoms. The van der Waals surface area contributed by atoms with E-state index in [9.17, 15) is 13.2 Å². The minimum atomic E-state index is -1.06. The number of hydrogen-bond acceptors (Lipinski definition) is 2. The number of aryl methyl sites for hydroxylation is 1. The van der Waals surface area contributed by atoms with Gasteiger partial charge in [0.05, 0.1) is 12.4 Å². The van der Waals surface area contributed by atoms with Crippen molar-refractivity contribution in [2.24, 2.45) is 0 Å². The highest BCUT2D eigenvalue weighted by atomic mass is 19.2. The van der Waals surface area contributed by atoms with Crippen molar-refractivity contribution in [1.29, 1.82) is 0 Å². The van der Waals surface area contributed by atoms with Crippen LogP contribution in [0.25, 0.3) is 11.1 Å². The molecule has 3 aromatic rings. The van der Waals surface area contributed by atoms with Gasteiger partial charge in [-0.1, -0.05) is 54.6 Å². The van der Waals surface area contributed by atoms with Crippen molar-refractivity contribution in [3.63, 3.8) is 0 Å². The first-order chi connectivity index (χ1) is 15.0. The predicted molar refractivity (Wildman–Crippen MR) is 117 cm³/mol. The lowest BCUT2D eigenvalue weighted by molar-refractivity contribution is 0.274. The molecule has 0 saturated carbocycles. The number of rotatable bonds is 9. The highest BCUT2D eigenvalue weighted by Crippen LogP contribution is 2.28. The number of ether oxygens (including phenoxy) is 2. The Labute approximate surface area is 180 Å². The minimum Gasteiger partial charge on any atom is -0.491 e. The van der Waals surface area contributed by atoms with E-state index in [1.165, 1.54) is 19.1 Å². The zero-order chi connectivity index (χ0) is 22.2. The van der Waals surface area contributed by atoms with Crippen molar-refractivity contribution in [1.82, 2.24) is 0 Å². The van der Waals surface area contributed by atoms with E-state index in [0.717, 1.165) is 28.7 Å². The van der Waals surface area contributed by atoms with Crippen LogP contribution in [-0.4, -0.2) is 6.61 Å². The smallest absolute Gasteiger partial charge is 0.204 e. The Balaban J connectivity index is 1.60. The molecule has 0 fully saturated rings. The highest BCUT2D eigenvalue weighted by Gasteiger charge is 2.15. The predicted octanol–water partition coefficient (Wildman–Crippen LogP) is 7.42. The van der Waals surface area contributed by atoms with Gasteiger partial charge in [-0.05, 0) is 61.1 Å². The monoisotopic (exact) mass is 426 g/mol. The molecule has 3 aromatic carbocycles. The van der Waals surface area contributed by atoms with Gasteiger partial charge in [0.2, 0.25) is 11.6 Å². The molecule has 0 aromatic heterocycles. The highest BCUT2D eigenvalue weighted by molar-refractivity contribution is 5.64. The van der Waals surface area contributed by atoms with Crippen LogP contribution in [-0.2, 0) is 13.0 Å². The maximum absolute atomic E-state index is 14.1. The van der Waals surface area contributed by atoms with Gasteiger partial charge in [0.1, 0.15) is 6.61 Å². The van der Waals surface area contributed by atoms with Crippen LogP contribution in [0.4, 0.5) is 13.2 Å². The quantitative estimate of drug-likeness (QED) is 0.355. The Morgan fingerprint density at radius 3 is 1.81 bits per heavy atom. The van der Waals surface area contributed by atoms with E-state index in [1.54, 1.807) is 13.0 Å². The molecule has 0 heterocycles. The Kier molecular flexibility index (Phi) is 7.76. The van der Waals surface area contributed by atoms with E-state index in [2.05, 4.69) is 0 Å². The second kappa shape index (κ2) is 10.7. The second-order valence-electron chi connectivity index (χ2n) is 7.13. The molecule has 162 valence electrons. The number of halogens is 3. The fourth-order valence-electron chi connectivity index (χ4n) is 3.15. The summed E-state index contributed by atoms with van der Waals surface area (Å²) in [5.41, 5.74) is 4.08. The normalized spacial score (nSPS) is 11.5. The lowest BCUT2D eigenvalue weighted by Crippen LogP contribution is -2.02. The van der Waals surface area contributed by atoms with Crippen molar-refractivity contribution in [2.75, 3.05) is 6.61 Å². The summed E-state index contributed by atoms with van der Waals surface area (Å²) in [6, 6.07) is 18.6. The molecule has 3 rings (SSSR count). The zero-order valence-electron chi connectivity index (χ0n) is 17.6. The van der Waals surface area contributed by atoms with Gasteiger partial charge in [-0.2, -0.15) is 8.78 Å². The maximum atomic E-state index is 14.1. The third-order valence-corrected chi connectivity index (χ3v) is 4.81. The average Bonchev–Trinajstić information content (AvgIpc) is 2.77. The number of allylic oxidation sites excluding steroid dienone is 2. The van der Waals surface area contributed by atoms with Crippen molar-refractivity contribution < 1.29 is 22.6 Å². The molecule has 0 saturated heterocycles. The number of benzene rings is 3. The Morgan fingerprint density at radius 1 is 0.774 bits per heavy atom. The summed E-state index contributed by atoms with van der Waals surface area (Å²) in [6.07, 6.45) is 3.05. The zero-order valence-corrected chi connectivity index (χ0v) is 17.6. The first-order valence-electron chi connectivity index (χ1n) is 10.2.